The number of hydrogen-bond acceptors (Lipinski definition) is 4. The third kappa shape index (κ3) is 9.00. The van der Waals surface area contributed by atoms with Gasteiger partial charge in [0, 0.05) is 13.0 Å². The Bertz CT molecular complexity index is 465. The Kier molecular flexibility index (Phi) is 7.43. The maximum absolute atomic E-state index is 11.5. The summed E-state index contributed by atoms with van der Waals surface area (Å²) in [6.07, 6.45) is 1.30. The van der Waals surface area contributed by atoms with Crippen molar-refractivity contribution in [2.24, 2.45) is 0 Å². The van der Waals surface area contributed by atoms with Crippen LogP contribution in [0.3, 0.4) is 0 Å². The van der Waals surface area contributed by atoms with E-state index in [9.17, 15) is 9.59 Å². The molecule has 0 heterocycles. The molecule has 0 unspecified atom stereocenters. The summed E-state index contributed by atoms with van der Waals surface area (Å²) >= 11 is 0. The molecule has 0 aliphatic heterocycles. The molecule has 122 valence electrons. The van der Waals surface area contributed by atoms with Crippen molar-refractivity contribution in [1.29, 1.82) is 0 Å². The summed E-state index contributed by atoms with van der Waals surface area (Å²) in [5, 5.41) is 2.66. The first kappa shape index (κ1) is 18.0. The summed E-state index contributed by atoms with van der Waals surface area (Å²) in [6.45, 7) is 6.26. The van der Waals surface area contributed by atoms with E-state index in [1.165, 1.54) is 0 Å². The molecule has 1 amide bonds. The largest absolute Gasteiger partial charge is 0.460 e. The van der Waals surface area contributed by atoms with Crippen LogP contribution in [0.25, 0.3) is 0 Å². The minimum absolute atomic E-state index is 0.209. The normalized spacial score (nSPS) is 10.9. The predicted molar refractivity (Wildman–Crippen MR) is 84.3 cm³/mol. The van der Waals surface area contributed by atoms with E-state index in [4.69, 9.17) is 9.47 Å². The number of benzene rings is 1. The van der Waals surface area contributed by atoms with Gasteiger partial charge < -0.3 is 14.8 Å². The van der Waals surface area contributed by atoms with Crippen LogP contribution in [-0.2, 0) is 20.9 Å². The molecular formula is C17H25NO4. The number of esters is 1. The number of rotatable bonds is 7. The minimum atomic E-state index is -0.448. The van der Waals surface area contributed by atoms with Gasteiger partial charge in [-0.2, -0.15) is 0 Å². The molecule has 1 rings (SSSR count). The second kappa shape index (κ2) is 9.07. The molecular weight excluding hydrogens is 282 g/mol. The highest BCUT2D eigenvalue weighted by molar-refractivity contribution is 5.69. The molecule has 5 nitrogen and oxygen atoms in total. The van der Waals surface area contributed by atoms with Gasteiger partial charge in [0.05, 0.1) is 0 Å². The van der Waals surface area contributed by atoms with E-state index in [0.717, 1.165) is 5.56 Å². The van der Waals surface area contributed by atoms with Crippen LogP contribution in [0.2, 0.25) is 0 Å². The standard InChI is InChI=1S/C17H25NO4/c1-17(2,3)22-15(19)11-7-8-12-18-16(20)21-13-14-9-5-4-6-10-14/h4-6,9-10H,7-8,11-13H2,1-3H3,(H,18,20). The first-order chi connectivity index (χ1) is 10.4. The smallest absolute Gasteiger partial charge is 0.407 e. The maximum atomic E-state index is 11.5. The summed E-state index contributed by atoms with van der Waals surface area (Å²) in [7, 11) is 0. The molecule has 1 aromatic rings. The lowest BCUT2D eigenvalue weighted by molar-refractivity contribution is -0.154. The highest BCUT2D eigenvalue weighted by atomic mass is 16.6. The van der Waals surface area contributed by atoms with Crippen LogP contribution in [0.15, 0.2) is 30.3 Å². The molecule has 22 heavy (non-hydrogen) atoms. The lowest BCUT2D eigenvalue weighted by Gasteiger charge is -2.19. The summed E-state index contributed by atoms with van der Waals surface area (Å²) < 4.78 is 10.3. The number of carbonyl (C=O) groups is 2. The van der Waals surface area contributed by atoms with E-state index in [2.05, 4.69) is 5.32 Å². The Morgan fingerprint density at radius 3 is 2.41 bits per heavy atom. The van der Waals surface area contributed by atoms with Crippen LogP contribution in [0.4, 0.5) is 4.79 Å². The number of alkyl carbamates (subject to hydrolysis) is 1. The first-order valence-corrected chi connectivity index (χ1v) is 7.53. The molecule has 1 aromatic carbocycles. The Balaban J connectivity index is 2.04. The lowest BCUT2D eigenvalue weighted by atomic mass is 10.2. The Morgan fingerprint density at radius 2 is 1.77 bits per heavy atom. The van der Waals surface area contributed by atoms with Gasteiger partial charge >= 0.3 is 12.1 Å². The van der Waals surface area contributed by atoms with Crippen molar-refractivity contribution in [2.45, 2.75) is 52.2 Å². The molecule has 0 fully saturated rings. The van der Waals surface area contributed by atoms with E-state index in [-0.39, 0.29) is 12.6 Å². The molecule has 0 atom stereocenters. The zero-order valence-electron chi connectivity index (χ0n) is 13.6. The number of ether oxygens (including phenoxy) is 2. The first-order valence-electron chi connectivity index (χ1n) is 7.53. The van der Waals surface area contributed by atoms with Crippen LogP contribution in [0.5, 0.6) is 0 Å². The SMILES string of the molecule is CC(C)(C)OC(=O)CCCCNC(=O)OCc1ccccc1. The fraction of sp³-hybridized carbons (Fsp3) is 0.529. The van der Waals surface area contributed by atoms with E-state index in [1.807, 2.05) is 51.1 Å². The Labute approximate surface area is 132 Å². The van der Waals surface area contributed by atoms with Gasteiger partial charge in [0.25, 0.3) is 0 Å². The van der Waals surface area contributed by atoms with Crippen molar-refractivity contribution >= 4 is 12.1 Å². The van der Waals surface area contributed by atoms with Crippen molar-refractivity contribution < 1.29 is 19.1 Å². The minimum Gasteiger partial charge on any atom is -0.460 e. The van der Waals surface area contributed by atoms with Crippen LogP contribution >= 0.6 is 0 Å². The van der Waals surface area contributed by atoms with Crippen molar-refractivity contribution in [1.82, 2.24) is 5.32 Å². The monoisotopic (exact) mass is 307 g/mol. The van der Waals surface area contributed by atoms with E-state index in [1.54, 1.807) is 0 Å². The number of amides is 1. The lowest BCUT2D eigenvalue weighted by Crippen LogP contribution is -2.26. The van der Waals surface area contributed by atoms with Gasteiger partial charge in [-0.3, -0.25) is 4.79 Å². The molecule has 0 aromatic heterocycles. The molecule has 0 saturated heterocycles. The fourth-order valence-electron chi connectivity index (χ4n) is 1.75. The summed E-state index contributed by atoms with van der Waals surface area (Å²) in [5.74, 6) is -0.209. The molecule has 0 aliphatic carbocycles. The van der Waals surface area contributed by atoms with Crippen LogP contribution in [-0.4, -0.2) is 24.2 Å². The number of carbonyl (C=O) groups excluding carboxylic acids is 2. The molecule has 0 saturated carbocycles. The van der Waals surface area contributed by atoms with Crippen LogP contribution in [0, 0.1) is 0 Å². The van der Waals surface area contributed by atoms with Crippen LogP contribution < -0.4 is 5.32 Å². The number of nitrogens with one attached hydrogen (secondary N) is 1. The summed E-state index contributed by atoms with van der Waals surface area (Å²) in [5.41, 5.74) is 0.499. The quantitative estimate of drug-likeness (QED) is 0.619. The highest BCUT2D eigenvalue weighted by Gasteiger charge is 2.15. The van der Waals surface area contributed by atoms with E-state index in [0.29, 0.717) is 25.8 Å². The molecule has 0 aliphatic rings. The van der Waals surface area contributed by atoms with Gasteiger partial charge in [-0.25, -0.2) is 4.79 Å². The van der Waals surface area contributed by atoms with Crippen molar-refractivity contribution in [3.8, 4) is 0 Å². The predicted octanol–water partition coefficient (Wildman–Crippen LogP) is 3.42. The van der Waals surface area contributed by atoms with Gasteiger partial charge in [0.2, 0.25) is 0 Å². The van der Waals surface area contributed by atoms with E-state index < -0.39 is 11.7 Å². The second-order valence-electron chi connectivity index (χ2n) is 6.03. The molecule has 0 spiro atoms. The zero-order valence-corrected chi connectivity index (χ0v) is 13.6. The molecule has 0 bridgehead atoms. The number of hydrogen-bond donors (Lipinski definition) is 1. The van der Waals surface area contributed by atoms with E-state index >= 15 is 0 Å². The third-order valence-electron chi connectivity index (χ3n) is 2.71. The molecule has 1 N–H and O–H groups in total. The topological polar surface area (TPSA) is 64.6 Å². The summed E-state index contributed by atoms with van der Waals surface area (Å²) in [4.78, 5) is 23.0. The van der Waals surface area contributed by atoms with Crippen molar-refractivity contribution in [2.75, 3.05) is 6.54 Å². The van der Waals surface area contributed by atoms with Gasteiger partial charge in [0.15, 0.2) is 0 Å². The van der Waals surface area contributed by atoms with Crippen LogP contribution in [0.1, 0.15) is 45.6 Å². The average Bonchev–Trinajstić information content (AvgIpc) is 2.44. The zero-order chi connectivity index (χ0) is 16.4. The average molecular weight is 307 g/mol. The number of unbranched alkanes of at least 4 members (excludes halogenated alkanes) is 1. The summed E-state index contributed by atoms with van der Waals surface area (Å²) in [6, 6.07) is 9.50. The van der Waals surface area contributed by atoms with Gasteiger partial charge in [0.1, 0.15) is 12.2 Å². The van der Waals surface area contributed by atoms with Crippen molar-refractivity contribution in [3.63, 3.8) is 0 Å². The fourth-order valence-corrected chi connectivity index (χ4v) is 1.75. The Morgan fingerprint density at radius 1 is 1.09 bits per heavy atom. The highest BCUT2D eigenvalue weighted by Crippen LogP contribution is 2.09. The second-order valence-corrected chi connectivity index (χ2v) is 6.03. The third-order valence-corrected chi connectivity index (χ3v) is 2.71. The maximum Gasteiger partial charge on any atom is 0.407 e. The molecule has 5 heteroatoms. The van der Waals surface area contributed by atoms with Gasteiger partial charge in [-0.1, -0.05) is 30.3 Å². The molecule has 0 radical (unpaired) electrons. The van der Waals surface area contributed by atoms with Gasteiger partial charge in [-0.05, 0) is 39.2 Å². The van der Waals surface area contributed by atoms with Crippen molar-refractivity contribution in [3.05, 3.63) is 35.9 Å². The van der Waals surface area contributed by atoms with Gasteiger partial charge in [-0.15, -0.1) is 0 Å². The Hall–Kier alpha value is -2.04.